The van der Waals surface area contributed by atoms with Gasteiger partial charge in [-0.2, -0.15) is 0 Å². The molecule has 1 N–H and O–H groups in total. The van der Waals surface area contributed by atoms with Crippen molar-refractivity contribution in [2.45, 2.75) is 6.42 Å². The van der Waals surface area contributed by atoms with Crippen LogP contribution in [0.5, 0.6) is 0 Å². The van der Waals surface area contributed by atoms with E-state index in [-0.39, 0.29) is 5.91 Å². The number of carbonyl (C=O) groups excluding carboxylic acids is 1. The standard InChI is InChI=1S/C20H23Br2N3O/c21-17-6-7-19(18(22)14-17)23-20(26)15-25-12-10-24(11-13-25)9-8-16-4-2-1-3-5-16/h1-7,14H,8-13,15H2,(H,23,26). The zero-order chi connectivity index (χ0) is 18.4. The van der Waals surface area contributed by atoms with Crippen molar-refractivity contribution in [1.29, 1.82) is 0 Å². The van der Waals surface area contributed by atoms with E-state index in [1.54, 1.807) is 0 Å². The molecule has 0 spiro atoms. The summed E-state index contributed by atoms with van der Waals surface area (Å²) in [7, 11) is 0. The predicted octanol–water partition coefficient (Wildman–Crippen LogP) is 4.01. The Bertz CT molecular complexity index is 731. The fourth-order valence-electron chi connectivity index (χ4n) is 3.09. The molecule has 138 valence electrons. The smallest absolute Gasteiger partial charge is 0.238 e. The molecule has 1 aliphatic heterocycles. The molecule has 6 heteroatoms. The lowest BCUT2D eigenvalue weighted by atomic mass is 10.1. The maximum Gasteiger partial charge on any atom is 0.238 e. The number of nitrogens with one attached hydrogen (secondary N) is 1. The molecule has 1 heterocycles. The molecule has 0 atom stereocenters. The van der Waals surface area contributed by atoms with Gasteiger partial charge >= 0.3 is 0 Å². The topological polar surface area (TPSA) is 35.6 Å². The summed E-state index contributed by atoms with van der Waals surface area (Å²) in [5.74, 6) is 0.0331. The summed E-state index contributed by atoms with van der Waals surface area (Å²) < 4.78 is 1.86. The third-order valence-electron chi connectivity index (χ3n) is 4.60. The second-order valence-electron chi connectivity index (χ2n) is 6.53. The predicted molar refractivity (Wildman–Crippen MR) is 113 cm³/mol. The Balaban J connectivity index is 1.40. The zero-order valence-corrected chi connectivity index (χ0v) is 17.8. The van der Waals surface area contributed by atoms with Gasteiger partial charge < -0.3 is 10.2 Å². The van der Waals surface area contributed by atoms with Gasteiger partial charge in [0.2, 0.25) is 5.91 Å². The molecule has 2 aromatic rings. The third-order valence-corrected chi connectivity index (χ3v) is 5.75. The summed E-state index contributed by atoms with van der Waals surface area (Å²) in [6.07, 6.45) is 1.08. The highest BCUT2D eigenvalue weighted by atomic mass is 79.9. The van der Waals surface area contributed by atoms with Crippen molar-refractivity contribution in [2.24, 2.45) is 0 Å². The van der Waals surface area contributed by atoms with E-state index < -0.39 is 0 Å². The number of hydrogen-bond acceptors (Lipinski definition) is 3. The molecule has 3 rings (SSSR count). The van der Waals surface area contributed by atoms with Gasteiger partial charge in [0.25, 0.3) is 0 Å². The number of amides is 1. The zero-order valence-electron chi connectivity index (χ0n) is 14.6. The summed E-state index contributed by atoms with van der Waals surface area (Å²) in [5, 5.41) is 2.98. The highest BCUT2D eigenvalue weighted by molar-refractivity contribution is 9.11. The van der Waals surface area contributed by atoms with Crippen LogP contribution in [-0.2, 0) is 11.2 Å². The van der Waals surface area contributed by atoms with Gasteiger partial charge in [0, 0.05) is 41.7 Å². The molecule has 2 aromatic carbocycles. The van der Waals surface area contributed by atoms with Crippen LogP contribution < -0.4 is 5.32 Å². The SMILES string of the molecule is O=C(CN1CCN(CCc2ccccc2)CC1)Nc1ccc(Br)cc1Br. The maximum absolute atomic E-state index is 12.3. The van der Waals surface area contributed by atoms with E-state index in [9.17, 15) is 4.79 Å². The maximum atomic E-state index is 12.3. The molecule has 0 aliphatic carbocycles. The van der Waals surface area contributed by atoms with Gasteiger partial charge in [-0.15, -0.1) is 0 Å². The first-order valence-electron chi connectivity index (χ1n) is 8.84. The molecule has 1 fully saturated rings. The summed E-state index contributed by atoms with van der Waals surface area (Å²) in [6, 6.07) is 16.4. The van der Waals surface area contributed by atoms with Crippen molar-refractivity contribution in [2.75, 3.05) is 44.6 Å². The van der Waals surface area contributed by atoms with Gasteiger partial charge in [-0.25, -0.2) is 0 Å². The highest BCUT2D eigenvalue weighted by Gasteiger charge is 2.19. The van der Waals surface area contributed by atoms with Gasteiger partial charge in [-0.1, -0.05) is 46.3 Å². The Kier molecular flexibility index (Phi) is 7.25. The summed E-state index contributed by atoms with van der Waals surface area (Å²) >= 11 is 6.90. The average molecular weight is 481 g/mol. The summed E-state index contributed by atoms with van der Waals surface area (Å²) in [6.45, 7) is 5.42. The van der Waals surface area contributed by atoms with E-state index in [4.69, 9.17) is 0 Å². The van der Waals surface area contributed by atoms with Crippen LogP contribution in [0.25, 0.3) is 0 Å². The van der Waals surface area contributed by atoms with Gasteiger partial charge in [0.1, 0.15) is 0 Å². The molecule has 1 aliphatic rings. The van der Waals surface area contributed by atoms with Crippen LogP contribution in [0.4, 0.5) is 5.69 Å². The lowest BCUT2D eigenvalue weighted by Crippen LogP contribution is -2.49. The lowest BCUT2D eigenvalue weighted by Gasteiger charge is -2.34. The summed E-state index contributed by atoms with van der Waals surface area (Å²) in [5.41, 5.74) is 2.19. The molecule has 0 unspecified atom stereocenters. The first-order chi connectivity index (χ1) is 12.6. The average Bonchev–Trinajstić information content (AvgIpc) is 2.64. The van der Waals surface area contributed by atoms with Crippen LogP contribution >= 0.6 is 31.9 Å². The molecule has 26 heavy (non-hydrogen) atoms. The number of rotatable bonds is 6. The van der Waals surface area contributed by atoms with E-state index in [0.717, 1.165) is 53.8 Å². The van der Waals surface area contributed by atoms with Gasteiger partial charge in [0.15, 0.2) is 0 Å². The Morgan fingerprint density at radius 1 is 0.962 bits per heavy atom. The van der Waals surface area contributed by atoms with Crippen LogP contribution in [0.15, 0.2) is 57.5 Å². The number of nitrogens with zero attached hydrogens (tertiary/aromatic N) is 2. The van der Waals surface area contributed by atoms with Crippen LogP contribution in [0.2, 0.25) is 0 Å². The number of piperazine rings is 1. The van der Waals surface area contributed by atoms with Crippen LogP contribution in [-0.4, -0.2) is 55.0 Å². The minimum atomic E-state index is 0.0331. The van der Waals surface area contributed by atoms with Gasteiger partial charge in [-0.3, -0.25) is 9.69 Å². The second-order valence-corrected chi connectivity index (χ2v) is 8.30. The van der Waals surface area contributed by atoms with Gasteiger partial charge in [-0.05, 0) is 46.1 Å². The number of anilines is 1. The fourth-order valence-corrected chi connectivity index (χ4v) is 4.23. The second kappa shape index (κ2) is 9.65. The Morgan fingerprint density at radius 2 is 1.65 bits per heavy atom. The van der Waals surface area contributed by atoms with E-state index in [2.05, 4.69) is 77.3 Å². The molecule has 0 bridgehead atoms. The number of benzene rings is 2. The minimum absolute atomic E-state index is 0.0331. The van der Waals surface area contributed by atoms with Crippen LogP contribution in [0, 0.1) is 0 Å². The Morgan fingerprint density at radius 3 is 2.35 bits per heavy atom. The van der Waals surface area contributed by atoms with E-state index >= 15 is 0 Å². The summed E-state index contributed by atoms with van der Waals surface area (Å²) in [4.78, 5) is 17.0. The van der Waals surface area contributed by atoms with Crippen molar-refractivity contribution in [3.8, 4) is 0 Å². The fraction of sp³-hybridized carbons (Fsp3) is 0.350. The number of hydrogen-bond donors (Lipinski definition) is 1. The molecule has 0 radical (unpaired) electrons. The Labute approximate surface area is 171 Å². The van der Waals surface area contributed by atoms with Crippen LogP contribution in [0.1, 0.15) is 5.56 Å². The minimum Gasteiger partial charge on any atom is -0.324 e. The molecular formula is C20H23Br2N3O. The Hall–Kier alpha value is -1.21. The first-order valence-corrected chi connectivity index (χ1v) is 10.4. The highest BCUT2D eigenvalue weighted by Crippen LogP contribution is 2.26. The molecule has 1 saturated heterocycles. The molecule has 1 amide bonds. The van der Waals surface area contributed by atoms with E-state index in [1.807, 2.05) is 18.2 Å². The quantitative estimate of drug-likeness (QED) is 0.678. The largest absolute Gasteiger partial charge is 0.324 e. The van der Waals surface area contributed by atoms with Crippen LogP contribution in [0.3, 0.4) is 0 Å². The monoisotopic (exact) mass is 479 g/mol. The molecule has 4 nitrogen and oxygen atoms in total. The number of carbonyl (C=O) groups is 1. The molecular weight excluding hydrogens is 458 g/mol. The van der Waals surface area contributed by atoms with Crippen molar-refractivity contribution < 1.29 is 4.79 Å². The van der Waals surface area contributed by atoms with Gasteiger partial charge in [0.05, 0.1) is 12.2 Å². The molecule has 0 saturated carbocycles. The lowest BCUT2D eigenvalue weighted by molar-refractivity contribution is -0.117. The first kappa shape index (κ1) is 19.5. The van der Waals surface area contributed by atoms with E-state index in [1.165, 1.54) is 5.56 Å². The third kappa shape index (κ3) is 5.91. The van der Waals surface area contributed by atoms with Crippen molar-refractivity contribution >= 4 is 43.5 Å². The van der Waals surface area contributed by atoms with E-state index in [0.29, 0.717) is 6.54 Å². The normalized spacial score (nSPS) is 15.8. The van der Waals surface area contributed by atoms with Crippen molar-refractivity contribution in [1.82, 2.24) is 9.80 Å². The number of halogens is 2. The van der Waals surface area contributed by atoms with Crippen molar-refractivity contribution in [3.63, 3.8) is 0 Å². The van der Waals surface area contributed by atoms with Crippen molar-refractivity contribution in [3.05, 3.63) is 63.0 Å². The molecule has 0 aromatic heterocycles.